The van der Waals surface area contributed by atoms with Crippen LogP contribution in [0.25, 0.3) is 0 Å². The number of cyclic esters (lactones) is 1. The minimum Gasteiger partial charge on any atom is -0.459 e. The number of carbonyl (C=O) groups excluding carboxylic acids is 2. The van der Waals surface area contributed by atoms with Crippen molar-refractivity contribution in [2.24, 2.45) is 34.5 Å². The third kappa shape index (κ3) is 9.48. The van der Waals surface area contributed by atoms with Crippen molar-refractivity contribution in [2.45, 2.75) is 234 Å². The third-order valence-electron chi connectivity index (χ3n) is 18.4. The van der Waals surface area contributed by atoms with Crippen molar-refractivity contribution in [2.75, 3.05) is 13.2 Å². The molecule has 0 amide bonds. The number of hydrogen-bond acceptors (Lipinski definition) is 20. The fourth-order valence-electron chi connectivity index (χ4n) is 14.6. The van der Waals surface area contributed by atoms with Crippen LogP contribution in [0.1, 0.15) is 112 Å². The van der Waals surface area contributed by atoms with Crippen LogP contribution < -0.4 is 0 Å². The highest BCUT2D eigenvalue weighted by molar-refractivity contribution is 5.85. The fraction of sp³-hybridized carbons (Fsp3) is 0.918. The lowest BCUT2D eigenvalue weighted by Crippen LogP contribution is -2.67. The zero-order valence-electron chi connectivity index (χ0n) is 40.5. The van der Waals surface area contributed by atoms with Gasteiger partial charge < -0.3 is 88.2 Å². The van der Waals surface area contributed by atoms with Gasteiger partial charge in [0.2, 0.25) is 0 Å². The lowest BCUT2D eigenvalue weighted by atomic mass is 9.42. The Hall–Kier alpha value is -1.96. The van der Waals surface area contributed by atoms with Gasteiger partial charge in [-0.25, -0.2) is 4.79 Å². The Balaban J connectivity index is 0.752. The number of hydrogen-bond donors (Lipinski definition) is 8. The van der Waals surface area contributed by atoms with Crippen molar-refractivity contribution in [1.29, 1.82) is 0 Å². The Morgan fingerprint density at radius 3 is 1.93 bits per heavy atom. The van der Waals surface area contributed by atoms with Crippen LogP contribution in [0.15, 0.2) is 11.6 Å². The number of aliphatic hydroxyl groups excluding tert-OH is 7. The van der Waals surface area contributed by atoms with Crippen molar-refractivity contribution in [3.63, 3.8) is 0 Å². The second-order valence-electron chi connectivity index (χ2n) is 22.2. The molecule has 0 aromatic heterocycles. The average molecular weight is 985 g/mol. The lowest BCUT2D eigenvalue weighted by Gasteiger charge is -2.65. The molecule has 0 unspecified atom stereocenters. The van der Waals surface area contributed by atoms with Crippen LogP contribution >= 0.6 is 0 Å². The summed E-state index contributed by atoms with van der Waals surface area (Å²) in [5.74, 6) is -0.580. The molecule has 5 heterocycles. The second kappa shape index (κ2) is 20.0. The summed E-state index contributed by atoms with van der Waals surface area (Å²) in [5.41, 5.74) is -1.01. The van der Waals surface area contributed by atoms with Crippen LogP contribution in [0, 0.1) is 34.5 Å². The van der Waals surface area contributed by atoms with E-state index in [4.69, 9.17) is 47.4 Å². The zero-order chi connectivity index (χ0) is 49.5. The summed E-state index contributed by atoms with van der Waals surface area (Å²) in [6.07, 6.45) is -11.1. The van der Waals surface area contributed by atoms with Gasteiger partial charge in [-0.2, -0.15) is 0 Å². The largest absolute Gasteiger partial charge is 0.459 e. The summed E-state index contributed by atoms with van der Waals surface area (Å²) in [7, 11) is 0. The molecule has 9 aliphatic rings. The van der Waals surface area contributed by atoms with E-state index in [1.54, 1.807) is 26.8 Å². The van der Waals surface area contributed by atoms with E-state index in [0.717, 1.165) is 37.7 Å². The van der Waals surface area contributed by atoms with E-state index < -0.39 is 134 Å². The molecule has 4 aliphatic carbocycles. The van der Waals surface area contributed by atoms with E-state index in [2.05, 4.69) is 6.92 Å². The normalized spacial score (nSPS) is 53.3. The van der Waals surface area contributed by atoms with Gasteiger partial charge in [0.05, 0.1) is 54.9 Å². The first kappa shape index (κ1) is 51.9. The maximum atomic E-state index is 12.6. The average Bonchev–Trinajstić information content (AvgIpc) is 3.84. The predicted molar refractivity (Wildman–Crippen MR) is 235 cm³/mol. The van der Waals surface area contributed by atoms with Gasteiger partial charge in [-0.1, -0.05) is 13.8 Å². The van der Waals surface area contributed by atoms with Crippen LogP contribution in [0.2, 0.25) is 0 Å². The standard InChI is InChI=1S/C49H76O20/c1-21-43(67-38-17-32(53)44(22(2)62-38)68-39-18-33(64-24(4)51)45(23(3)63-39)69-46-42(58)41(57)40(56)34(19-50)66-46)31(52)16-37(61-21)65-27-9-11-47(5)26(14-27)7-8-29-30(47)15-35(54)48(6)28(10-12-49(29,48)59)25-13-36(55)60-20-25/h13,21-23,26-35,37-46,50,52-54,56-59H,7-12,14-20H2,1-6H3/t21-,22-,23-,26+,27+,28-,29-,30-,31+,32+,33+,34-,35-,37-,38+,39+,40-,41+,42-,43+,44+,45+,46+,47+,48+,49+/m1/s1. The molecule has 0 aromatic rings. The Morgan fingerprint density at radius 2 is 1.33 bits per heavy atom. The van der Waals surface area contributed by atoms with Crippen molar-refractivity contribution in [3.05, 3.63) is 11.6 Å². The van der Waals surface area contributed by atoms with Crippen LogP contribution in [0.3, 0.4) is 0 Å². The molecule has 20 nitrogen and oxygen atoms in total. The smallest absolute Gasteiger partial charge is 0.331 e. The molecule has 0 spiro atoms. The van der Waals surface area contributed by atoms with Crippen molar-refractivity contribution >= 4 is 11.9 Å². The molecule has 8 N–H and O–H groups in total. The van der Waals surface area contributed by atoms with Gasteiger partial charge in [0, 0.05) is 37.7 Å². The maximum absolute atomic E-state index is 12.6. The highest BCUT2D eigenvalue weighted by Gasteiger charge is 2.71. The molecular formula is C49H76O20. The first-order chi connectivity index (χ1) is 32.6. The molecule has 69 heavy (non-hydrogen) atoms. The van der Waals surface area contributed by atoms with Crippen molar-refractivity contribution in [3.8, 4) is 0 Å². The lowest BCUT2D eigenvalue weighted by molar-refractivity contribution is -0.355. The minimum absolute atomic E-state index is 0.00421. The van der Waals surface area contributed by atoms with Gasteiger partial charge in [0.25, 0.3) is 0 Å². The second-order valence-corrected chi connectivity index (χ2v) is 22.2. The van der Waals surface area contributed by atoms with E-state index >= 15 is 0 Å². The zero-order valence-corrected chi connectivity index (χ0v) is 40.5. The van der Waals surface area contributed by atoms with E-state index in [1.807, 2.05) is 6.92 Å². The molecule has 0 bridgehead atoms. The summed E-state index contributed by atoms with van der Waals surface area (Å²) < 4.78 is 60.1. The van der Waals surface area contributed by atoms with Crippen LogP contribution in [0.4, 0.5) is 0 Å². The van der Waals surface area contributed by atoms with Crippen LogP contribution in [-0.2, 0) is 57.0 Å². The van der Waals surface area contributed by atoms with Crippen LogP contribution in [-0.4, -0.2) is 188 Å². The molecule has 26 atom stereocenters. The molecule has 20 heteroatoms. The fourth-order valence-corrected chi connectivity index (χ4v) is 14.6. The molecule has 4 saturated carbocycles. The van der Waals surface area contributed by atoms with Gasteiger partial charge >= 0.3 is 11.9 Å². The predicted octanol–water partition coefficient (Wildman–Crippen LogP) is 0.613. The first-order valence-corrected chi connectivity index (χ1v) is 25.3. The Kier molecular flexibility index (Phi) is 15.1. The molecule has 9 rings (SSSR count). The minimum atomic E-state index is -1.69. The van der Waals surface area contributed by atoms with Gasteiger partial charge in [0.1, 0.15) is 55.4 Å². The molecule has 0 radical (unpaired) electrons. The highest BCUT2D eigenvalue weighted by Crippen LogP contribution is 2.70. The monoisotopic (exact) mass is 984 g/mol. The Labute approximate surface area is 402 Å². The Bertz CT molecular complexity index is 1850. The number of ether oxygens (including phenoxy) is 10. The van der Waals surface area contributed by atoms with E-state index in [1.165, 1.54) is 6.92 Å². The Morgan fingerprint density at radius 1 is 0.710 bits per heavy atom. The van der Waals surface area contributed by atoms with Crippen molar-refractivity contribution in [1.82, 2.24) is 0 Å². The van der Waals surface area contributed by atoms with Gasteiger partial charge in [-0.05, 0) is 107 Å². The number of carbonyl (C=O) groups is 2. The number of fused-ring (bicyclic) bond motifs is 5. The number of rotatable bonds is 11. The van der Waals surface area contributed by atoms with Gasteiger partial charge in [-0.15, -0.1) is 0 Å². The van der Waals surface area contributed by atoms with E-state index in [9.17, 15) is 50.4 Å². The first-order valence-electron chi connectivity index (χ1n) is 25.3. The summed E-state index contributed by atoms with van der Waals surface area (Å²) in [6, 6.07) is 0. The van der Waals surface area contributed by atoms with Crippen molar-refractivity contribution < 1.29 is 97.8 Å². The molecule has 4 saturated heterocycles. The SMILES string of the molecule is CC(=O)O[C@H]1C[C@H](O[C@@H]2[C@@H](O)C[C@H](O[C@@H]3[C@@H](O)C[C@@H](O[C@H]4CC[C@@]5(C)[C@@H](CC[C@@H]6[C@H]5C[C@@H](O)[C@]5(C)[C@@H](C7=CC(=O)OC7)CC[C@]65O)C4)O[C@@H]3C)O[C@@H]2C)O[C@H](C)[C@@H]1O[C@@H]1O[C@H](CO)[C@@H](O)[C@H](O)[C@H]1O. The number of esters is 2. The van der Waals surface area contributed by atoms with Gasteiger partial charge in [0.15, 0.2) is 25.2 Å². The highest BCUT2D eigenvalue weighted by atomic mass is 16.8. The third-order valence-corrected chi connectivity index (χ3v) is 18.4. The number of aliphatic hydroxyl groups is 8. The van der Waals surface area contributed by atoms with Gasteiger partial charge in [-0.3, -0.25) is 4.79 Å². The van der Waals surface area contributed by atoms with E-state index in [0.29, 0.717) is 25.2 Å². The molecular weight excluding hydrogens is 909 g/mol. The van der Waals surface area contributed by atoms with E-state index in [-0.39, 0.29) is 61.1 Å². The molecule has 5 aliphatic heterocycles. The quantitative estimate of drug-likeness (QED) is 0.104. The summed E-state index contributed by atoms with van der Waals surface area (Å²) in [5, 5.41) is 88.1. The summed E-state index contributed by atoms with van der Waals surface area (Å²) in [4.78, 5) is 24.2. The van der Waals surface area contributed by atoms with Crippen LogP contribution in [0.5, 0.6) is 0 Å². The maximum Gasteiger partial charge on any atom is 0.331 e. The topological polar surface area (TPSA) is 288 Å². The summed E-state index contributed by atoms with van der Waals surface area (Å²) in [6.45, 7) is 10.3. The molecule has 8 fully saturated rings. The molecule has 392 valence electrons. The summed E-state index contributed by atoms with van der Waals surface area (Å²) >= 11 is 0. The molecule has 0 aromatic carbocycles.